The number of nitrogens with one attached hydrogen (secondary N) is 2. The van der Waals surface area contributed by atoms with Gasteiger partial charge in [0.05, 0.1) is 37.2 Å². The highest BCUT2D eigenvalue weighted by Gasteiger charge is 2.09. The van der Waals surface area contributed by atoms with Crippen LogP contribution in [0.15, 0.2) is 71.5 Å². The fourth-order valence-electron chi connectivity index (χ4n) is 3.87. The van der Waals surface area contributed by atoms with Gasteiger partial charge in [-0.1, -0.05) is 22.0 Å². The molecule has 2 aromatic carbocycles. The van der Waals surface area contributed by atoms with Crippen LogP contribution in [-0.4, -0.2) is 59.3 Å². The first-order chi connectivity index (χ1) is 17.2. The maximum atomic E-state index is 5.89. The highest BCUT2D eigenvalue weighted by molar-refractivity contribution is 9.10. The summed E-state index contributed by atoms with van der Waals surface area (Å²) in [6.07, 6.45) is 4.51. The number of ether oxygens (including phenoxy) is 2. The molecule has 0 radical (unpaired) electrons. The van der Waals surface area contributed by atoms with Crippen LogP contribution < -0.4 is 15.4 Å². The van der Waals surface area contributed by atoms with Crippen LogP contribution in [0.3, 0.4) is 0 Å². The third kappa shape index (κ3) is 6.66. The summed E-state index contributed by atoms with van der Waals surface area (Å²) in [5, 5.41) is 7.60. The summed E-state index contributed by atoms with van der Waals surface area (Å²) in [5.74, 6) is 2.04. The van der Waals surface area contributed by atoms with E-state index in [0.717, 1.165) is 71.8 Å². The van der Waals surface area contributed by atoms with E-state index >= 15 is 0 Å². The van der Waals surface area contributed by atoms with E-state index in [1.165, 1.54) is 0 Å². The van der Waals surface area contributed by atoms with Gasteiger partial charge in [0, 0.05) is 41.4 Å². The van der Waals surface area contributed by atoms with Crippen molar-refractivity contribution in [1.82, 2.24) is 19.9 Å². The van der Waals surface area contributed by atoms with Crippen molar-refractivity contribution in [2.75, 3.05) is 50.1 Å². The second kappa shape index (κ2) is 11.4. The molecule has 1 saturated heterocycles. The van der Waals surface area contributed by atoms with Gasteiger partial charge in [0.2, 0.25) is 5.95 Å². The number of anilines is 4. The highest BCUT2D eigenvalue weighted by Crippen LogP contribution is 2.23. The molecule has 4 aromatic rings. The number of morpholine rings is 1. The number of hydrogen-bond acceptors (Lipinski definition) is 8. The highest BCUT2D eigenvalue weighted by atomic mass is 79.9. The van der Waals surface area contributed by atoms with Crippen molar-refractivity contribution in [2.24, 2.45) is 0 Å². The van der Waals surface area contributed by atoms with Crippen LogP contribution in [-0.2, 0) is 4.74 Å². The molecule has 35 heavy (non-hydrogen) atoms. The molecule has 9 heteroatoms. The summed E-state index contributed by atoms with van der Waals surface area (Å²) in [4.78, 5) is 15.8. The number of nitrogens with zero attached hydrogens (tertiary/aromatic N) is 4. The summed E-state index contributed by atoms with van der Waals surface area (Å²) in [6, 6.07) is 17.7. The predicted molar refractivity (Wildman–Crippen MR) is 142 cm³/mol. The van der Waals surface area contributed by atoms with E-state index in [4.69, 9.17) is 9.47 Å². The number of benzene rings is 2. The molecule has 2 N–H and O–H groups in total. The quantitative estimate of drug-likeness (QED) is 0.277. The van der Waals surface area contributed by atoms with Crippen LogP contribution in [0, 0.1) is 0 Å². The van der Waals surface area contributed by atoms with Crippen LogP contribution in [0.2, 0.25) is 0 Å². The first kappa shape index (κ1) is 23.5. The molecule has 1 aliphatic rings. The normalized spacial score (nSPS) is 14.1. The van der Waals surface area contributed by atoms with Gasteiger partial charge in [0.1, 0.15) is 11.6 Å². The van der Waals surface area contributed by atoms with Crippen molar-refractivity contribution in [1.29, 1.82) is 0 Å². The largest absolute Gasteiger partial charge is 0.494 e. The Kier molecular flexibility index (Phi) is 7.67. The molecule has 5 rings (SSSR count). The van der Waals surface area contributed by atoms with Gasteiger partial charge in [-0.2, -0.15) is 4.98 Å². The van der Waals surface area contributed by atoms with Gasteiger partial charge in [-0.05, 0) is 55.0 Å². The van der Waals surface area contributed by atoms with E-state index in [1.807, 2.05) is 54.6 Å². The van der Waals surface area contributed by atoms with E-state index in [-0.39, 0.29) is 0 Å². The topological polar surface area (TPSA) is 84.4 Å². The SMILES string of the molecule is Brc1ccc2cc(Nc3ccnc(Nc4ccc(OCCCN5CCOCC5)cc4)n3)cnc2c1. The Bertz CT molecular complexity index is 1260. The number of pyridine rings is 1. The van der Waals surface area contributed by atoms with E-state index in [9.17, 15) is 0 Å². The van der Waals surface area contributed by atoms with Gasteiger partial charge < -0.3 is 20.1 Å². The number of fused-ring (bicyclic) bond motifs is 1. The van der Waals surface area contributed by atoms with Crippen molar-refractivity contribution in [2.45, 2.75) is 6.42 Å². The summed E-state index contributed by atoms with van der Waals surface area (Å²) in [5.41, 5.74) is 2.68. The molecule has 0 saturated carbocycles. The van der Waals surface area contributed by atoms with Crippen molar-refractivity contribution in [3.05, 3.63) is 71.5 Å². The Morgan fingerprint density at radius 1 is 0.943 bits per heavy atom. The molecule has 0 spiro atoms. The molecule has 0 aliphatic carbocycles. The fraction of sp³-hybridized carbons (Fsp3) is 0.269. The van der Waals surface area contributed by atoms with Crippen molar-refractivity contribution >= 4 is 50.0 Å². The van der Waals surface area contributed by atoms with Gasteiger partial charge in [-0.25, -0.2) is 4.98 Å². The third-order valence-corrected chi connectivity index (χ3v) is 6.17. The molecule has 0 unspecified atom stereocenters. The van der Waals surface area contributed by atoms with E-state index in [0.29, 0.717) is 18.4 Å². The van der Waals surface area contributed by atoms with Crippen LogP contribution >= 0.6 is 15.9 Å². The third-order valence-electron chi connectivity index (χ3n) is 5.68. The Morgan fingerprint density at radius 3 is 2.66 bits per heavy atom. The van der Waals surface area contributed by atoms with Crippen LogP contribution in [0.5, 0.6) is 5.75 Å². The van der Waals surface area contributed by atoms with Gasteiger partial charge in [0.25, 0.3) is 0 Å². The molecule has 2 aromatic heterocycles. The lowest BCUT2D eigenvalue weighted by molar-refractivity contribution is 0.0358. The summed E-state index contributed by atoms with van der Waals surface area (Å²) >= 11 is 3.48. The van der Waals surface area contributed by atoms with Crippen LogP contribution in [0.25, 0.3) is 10.9 Å². The van der Waals surface area contributed by atoms with Crippen molar-refractivity contribution in [3.8, 4) is 5.75 Å². The second-order valence-electron chi connectivity index (χ2n) is 8.26. The van der Waals surface area contributed by atoms with Gasteiger partial charge >= 0.3 is 0 Å². The zero-order valence-electron chi connectivity index (χ0n) is 19.3. The molecule has 3 heterocycles. The van der Waals surface area contributed by atoms with Crippen LogP contribution in [0.4, 0.5) is 23.1 Å². The molecule has 0 amide bonds. The average Bonchev–Trinajstić information content (AvgIpc) is 2.88. The number of halogens is 1. The Morgan fingerprint density at radius 2 is 1.80 bits per heavy atom. The number of rotatable bonds is 9. The lowest BCUT2D eigenvalue weighted by Gasteiger charge is -2.26. The zero-order valence-corrected chi connectivity index (χ0v) is 20.9. The van der Waals surface area contributed by atoms with E-state index in [1.54, 1.807) is 12.4 Å². The number of aromatic nitrogens is 3. The smallest absolute Gasteiger partial charge is 0.229 e. The Balaban J connectivity index is 1.14. The molecule has 1 aliphatic heterocycles. The molecule has 1 fully saturated rings. The zero-order chi connectivity index (χ0) is 23.9. The first-order valence-corrected chi connectivity index (χ1v) is 12.5. The lowest BCUT2D eigenvalue weighted by Crippen LogP contribution is -2.37. The van der Waals surface area contributed by atoms with Gasteiger partial charge in [-0.15, -0.1) is 0 Å². The Hall–Kier alpha value is -3.27. The monoisotopic (exact) mass is 534 g/mol. The second-order valence-corrected chi connectivity index (χ2v) is 9.17. The minimum absolute atomic E-state index is 0.506. The fourth-order valence-corrected chi connectivity index (χ4v) is 4.21. The molecule has 0 atom stereocenters. The molecule has 0 bridgehead atoms. The maximum Gasteiger partial charge on any atom is 0.229 e. The predicted octanol–water partition coefficient (Wildman–Crippen LogP) is 5.38. The van der Waals surface area contributed by atoms with Gasteiger partial charge in [0.15, 0.2) is 0 Å². The van der Waals surface area contributed by atoms with Gasteiger partial charge in [-0.3, -0.25) is 9.88 Å². The molecular formula is C26H27BrN6O2. The summed E-state index contributed by atoms with van der Waals surface area (Å²) < 4.78 is 12.3. The maximum absolute atomic E-state index is 5.89. The first-order valence-electron chi connectivity index (χ1n) is 11.7. The minimum atomic E-state index is 0.506. The van der Waals surface area contributed by atoms with Crippen LogP contribution in [0.1, 0.15) is 6.42 Å². The number of hydrogen-bond donors (Lipinski definition) is 2. The molecular weight excluding hydrogens is 508 g/mol. The average molecular weight is 535 g/mol. The summed E-state index contributed by atoms with van der Waals surface area (Å²) in [6.45, 7) is 5.42. The Labute approximate surface area is 212 Å². The molecule has 8 nitrogen and oxygen atoms in total. The molecule has 180 valence electrons. The van der Waals surface area contributed by atoms with E-state index < -0.39 is 0 Å². The van der Waals surface area contributed by atoms with Crippen molar-refractivity contribution < 1.29 is 9.47 Å². The van der Waals surface area contributed by atoms with E-state index in [2.05, 4.69) is 46.4 Å². The summed E-state index contributed by atoms with van der Waals surface area (Å²) in [7, 11) is 0. The van der Waals surface area contributed by atoms with Crippen molar-refractivity contribution in [3.63, 3.8) is 0 Å². The minimum Gasteiger partial charge on any atom is -0.494 e. The standard InChI is InChI=1S/C26H27BrN6O2/c27-20-3-2-19-16-22(18-29-24(19)17-20)30-25-8-9-28-26(32-25)31-21-4-6-23(7-5-21)35-13-1-10-33-11-14-34-15-12-33/h2-9,16-18H,1,10-15H2,(H2,28,30,31,32). The lowest BCUT2D eigenvalue weighted by atomic mass is 10.2.